The number of hydrogen-bond donors (Lipinski definition) is 1. The molecule has 8 nitrogen and oxygen atoms in total. The highest BCUT2D eigenvalue weighted by Crippen LogP contribution is 2.36. The van der Waals surface area contributed by atoms with E-state index in [1.54, 1.807) is 4.68 Å². The molecule has 1 N–H and O–H groups in total. The molecule has 1 fully saturated rings. The standard InChI is InChI=1S/C16H18FN5O3S/c17-12-5-10(15-11(6-12)7-24-9-25-15)3-4-18-14(23)8-26-16-19-20-21-22(16)13-1-2-13/h5-6,13H,1-4,7-9H2,(H,18,23). The van der Waals surface area contributed by atoms with Gasteiger partial charge in [0, 0.05) is 12.1 Å². The summed E-state index contributed by atoms with van der Waals surface area (Å²) in [5.74, 6) is 0.444. The van der Waals surface area contributed by atoms with Gasteiger partial charge < -0.3 is 14.8 Å². The number of benzene rings is 1. The van der Waals surface area contributed by atoms with Crippen LogP contribution in [0.3, 0.4) is 0 Å². The van der Waals surface area contributed by atoms with Crippen LogP contribution in [-0.2, 0) is 22.6 Å². The maximum Gasteiger partial charge on any atom is 0.230 e. The molecule has 1 aromatic carbocycles. The van der Waals surface area contributed by atoms with Crippen molar-refractivity contribution < 1.29 is 18.7 Å². The van der Waals surface area contributed by atoms with Crippen LogP contribution in [0, 0.1) is 5.82 Å². The number of carbonyl (C=O) groups excluding carboxylic acids is 1. The first-order valence-corrected chi connectivity index (χ1v) is 9.38. The van der Waals surface area contributed by atoms with E-state index in [4.69, 9.17) is 9.47 Å². The fourth-order valence-electron chi connectivity index (χ4n) is 2.79. The Morgan fingerprint density at radius 3 is 3.15 bits per heavy atom. The predicted octanol–water partition coefficient (Wildman–Crippen LogP) is 1.46. The summed E-state index contributed by atoms with van der Waals surface area (Å²) in [5.41, 5.74) is 1.42. The number of ether oxygens (including phenoxy) is 2. The minimum atomic E-state index is -0.332. The van der Waals surface area contributed by atoms with Gasteiger partial charge in [-0.25, -0.2) is 9.07 Å². The molecule has 2 heterocycles. The number of tetrazole rings is 1. The zero-order chi connectivity index (χ0) is 17.9. The summed E-state index contributed by atoms with van der Waals surface area (Å²) in [5, 5.41) is 15.1. The summed E-state index contributed by atoms with van der Waals surface area (Å²) in [6.45, 7) is 0.885. The van der Waals surface area contributed by atoms with Crippen molar-refractivity contribution in [1.29, 1.82) is 0 Å². The third-order valence-corrected chi connectivity index (χ3v) is 5.09. The normalized spacial score (nSPS) is 16.0. The number of halogens is 1. The fourth-order valence-corrected chi connectivity index (χ4v) is 3.56. The number of nitrogens with one attached hydrogen (secondary N) is 1. The molecule has 2 aliphatic rings. The molecule has 0 saturated heterocycles. The SMILES string of the molecule is O=C(CSc1nnnn1C1CC1)NCCc1cc(F)cc2c1OCOC2. The lowest BCUT2D eigenvalue weighted by atomic mass is 10.1. The Balaban J connectivity index is 1.27. The smallest absolute Gasteiger partial charge is 0.230 e. The zero-order valence-electron chi connectivity index (χ0n) is 14.0. The van der Waals surface area contributed by atoms with E-state index in [2.05, 4.69) is 20.8 Å². The van der Waals surface area contributed by atoms with E-state index in [0.717, 1.165) is 18.4 Å². The fraction of sp³-hybridized carbons (Fsp3) is 0.500. The van der Waals surface area contributed by atoms with Crippen LogP contribution >= 0.6 is 11.8 Å². The average molecular weight is 379 g/mol. The van der Waals surface area contributed by atoms with Crippen LogP contribution in [0.1, 0.15) is 30.0 Å². The van der Waals surface area contributed by atoms with E-state index in [0.29, 0.717) is 42.1 Å². The molecule has 0 atom stereocenters. The third-order valence-electron chi connectivity index (χ3n) is 4.16. The van der Waals surface area contributed by atoms with Crippen LogP contribution < -0.4 is 10.1 Å². The Bertz CT molecular complexity index is 811. The molecule has 2 aromatic rings. The summed E-state index contributed by atoms with van der Waals surface area (Å²) in [6, 6.07) is 3.23. The first kappa shape index (κ1) is 17.2. The number of rotatable bonds is 7. The quantitative estimate of drug-likeness (QED) is 0.728. The molecule has 1 aromatic heterocycles. The van der Waals surface area contributed by atoms with Gasteiger partial charge in [-0.3, -0.25) is 4.79 Å². The van der Waals surface area contributed by atoms with Crippen LogP contribution in [0.2, 0.25) is 0 Å². The molecule has 0 bridgehead atoms. The van der Waals surface area contributed by atoms with Crippen molar-refractivity contribution in [3.8, 4) is 5.75 Å². The monoisotopic (exact) mass is 379 g/mol. The average Bonchev–Trinajstić information content (AvgIpc) is 3.37. The van der Waals surface area contributed by atoms with Crippen molar-refractivity contribution in [2.24, 2.45) is 0 Å². The molecular weight excluding hydrogens is 361 g/mol. The van der Waals surface area contributed by atoms with Gasteiger partial charge in [0.25, 0.3) is 0 Å². The van der Waals surface area contributed by atoms with Crippen LogP contribution in [0.4, 0.5) is 4.39 Å². The number of carbonyl (C=O) groups is 1. The van der Waals surface area contributed by atoms with E-state index in [1.165, 1.54) is 23.9 Å². The highest BCUT2D eigenvalue weighted by molar-refractivity contribution is 7.99. The molecule has 0 unspecified atom stereocenters. The third kappa shape index (κ3) is 3.96. The van der Waals surface area contributed by atoms with Crippen LogP contribution in [-0.4, -0.2) is 45.2 Å². The number of amides is 1. The number of fused-ring (bicyclic) bond motifs is 1. The van der Waals surface area contributed by atoms with Crippen LogP contribution in [0.15, 0.2) is 17.3 Å². The van der Waals surface area contributed by atoms with Gasteiger partial charge in [-0.1, -0.05) is 11.8 Å². The van der Waals surface area contributed by atoms with Crippen molar-refractivity contribution >= 4 is 17.7 Å². The molecular formula is C16H18FN5O3S. The Hall–Kier alpha value is -2.20. The van der Waals surface area contributed by atoms with Gasteiger partial charge in [-0.2, -0.15) is 0 Å². The van der Waals surface area contributed by atoms with Crippen LogP contribution in [0.25, 0.3) is 0 Å². The maximum absolute atomic E-state index is 13.7. The molecule has 10 heteroatoms. The second kappa shape index (κ2) is 7.58. The lowest BCUT2D eigenvalue weighted by molar-refractivity contribution is -0.118. The van der Waals surface area contributed by atoms with Gasteiger partial charge in [0.15, 0.2) is 6.79 Å². The van der Waals surface area contributed by atoms with Gasteiger partial charge >= 0.3 is 0 Å². The van der Waals surface area contributed by atoms with E-state index in [9.17, 15) is 9.18 Å². The van der Waals surface area contributed by atoms with Crippen molar-refractivity contribution in [3.05, 3.63) is 29.1 Å². The summed E-state index contributed by atoms with van der Waals surface area (Å²) in [7, 11) is 0. The van der Waals surface area contributed by atoms with Gasteiger partial charge in [0.05, 0.1) is 18.4 Å². The maximum atomic E-state index is 13.7. The number of aromatic nitrogens is 4. The van der Waals surface area contributed by atoms with Crippen molar-refractivity contribution in [3.63, 3.8) is 0 Å². The molecule has 4 rings (SSSR count). The first-order chi connectivity index (χ1) is 12.7. The molecule has 1 aliphatic carbocycles. The van der Waals surface area contributed by atoms with Crippen LogP contribution in [0.5, 0.6) is 5.75 Å². The summed E-state index contributed by atoms with van der Waals surface area (Å²) in [6.07, 6.45) is 2.64. The van der Waals surface area contributed by atoms with E-state index in [-0.39, 0.29) is 24.3 Å². The lowest BCUT2D eigenvalue weighted by Crippen LogP contribution is -2.27. The zero-order valence-corrected chi connectivity index (χ0v) is 14.8. The molecule has 138 valence electrons. The highest BCUT2D eigenvalue weighted by atomic mass is 32.2. The Morgan fingerprint density at radius 1 is 1.42 bits per heavy atom. The van der Waals surface area contributed by atoms with Crippen molar-refractivity contribution in [2.75, 3.05) is 19.1 Å². The molecule has 26 heavy (non-hydrogen) atoms. The molecule has 1 amide bonds. The van der Waals surface area contributed by atoms with Gasteiger partial charge in [0.2, 0.25) is 11.1 Å². The van der Waals surface area contributed by atoms with E-state index in [1.807, 2.05) is 0 Å². The molecule has 0 spiro atoms. The summed E-state index contributed by atoms with van der Waals surface area (Å²) < 4.78 is 26.1. The molecule has 1 saturated carbocycles. The van der Waals surface area contributed by atoms with E-state index < -0.39 is 0 Å². The summed E-state index contributed by atoms with van der Waals surface area (Å²) in [4.78, 5) is 12.0. The lowest BCUT2D eigenvalue weighted by Gasteiger charge is -2.20. The Kier molecular flexibility index (Phi) is 5.02. The second-order valence-corrected chi connectivity index (χ2v) is 7.13. The second-order valence-electron chi connectivity index (χ2n) is 6.19. The highest BCUT2D eigenvalue weighted by Gasteiger charge is 2.28. The van der Waals surface area contributed by atoms with Gasteiger partial charge in [-0.15, -0.1) is 5.10 Å². The largest absolute Gasteiger partial charge is 0.467 e. The number of thioether (sulfide) groups is 1. The predicted molar refractivity (Wildman–Crippen MR) is 90.2 cm³/mol. The minimum absolute atomic E-state index is 0.116. The number of hydrogen-bond acceptors (Lipinski definition) is 7. The first-order valence-electron chi connectivity index (χ1n) is 8.40. The topological polar surface area (TPSA) is 91.2 Å². The molecule has 0 radical (unpaired) electrons. The van der Waals surface area contributed by atoms with Crippen molar-refractivity contribution in [2.45, 2.75) is 37.1 Å². The molecule has 1 aliphatic heterocycles. The van der Waals surface area contributed by atoms with Gasteiger partial charge in [-0.05, 0) is 47.4 Å². The summed E-state index contributed by atoms with van der Waals surface area (Å²) >= 11 is 1.32. The Labute approximate surface area is 153 Å². The van der Waals surface area contributed by atoms with Crippen molar-refractivity contribution in [1.82, 2.24) is 25.5 Å². The number of nitrogens with zero attached hydrogens (tertiary/aromatic N) is 4. The Morgan fingerprint density at radius 2 is 2.31 bits per heavy atom. The minimum Gasteiger partial charge on any atom is -0.467 e. The van der Waals surface area contributed by atoms with E-state index >= 15 is 0 Å². The van der Waals surface area contributed by atoms with Gasteiger partial charge in [0.1, 0.15) is 11.6 Å².